The zero-order valence-electron chi connectivity index (χ0n) is 10.9. The van der Waals surface area contributed by atoms with Gasteiger partial charge in [0.2, 0.25) is 0 Å². The molecule has 1 heterocycles. The summed E-state index contributed by atoms with van der Waals surface area (Å²) in [6.07, 6.45) is 0.205. The van der Waals surface area contributed by atoms with Crippen LogP contribution in [0.4, 0.5) is 5.69 Å². The van der Waals surface area contributed by atoms with E-state index in [4.69, 9.17) is 9.47 Å². The average Bonchev–Trinajstić information content (AvgIpc) is 3.31. The normalized spacial score (nSPS) is 16.5. The Kier molecular flexibility index (Phi) is 3.65. The van der Waals surface area contributed by atoms with Crippen LogP contribution in [0.1, 0.15) is 10.4 Å². The number of para-hydroxylation sites is 1. The van der Waals surface area contributed by atoms with Gasteiger partial charge in [-0.3, -0.25) is 4.79 Å². The third-order valence-electron chi connectivity index (χ3n) is 2.97. The van der Waals surface area contributed by atoms with Crippen LogP contribution in [0.3, 0.4) is 0 Å². The molecule has 0 spiro atoms. The Morgan fingerprint density at radius 2 is 2.00 bits per heavy atom. The molecule has 1 amide bonds. The number of epoxide rings is 1. The van der Waals surface area contributed by atoms with Crippen molar-refractivity contribution < 1.29 is 14.3 Å². The first-order chi connectivity index (χ1) is 9.81. The van der Waals surface area contributed by atoms with E-state index in [1.807, 2.05) is 42.5 Å². The van der Waals surface area contributed by atoms with Crippen molar-refractivity contribution in [1.82, 2.24) is 0 Å². The summed E-state index contributed by atoms with van der Waals surface area (Å²) in [5.74, 6) is 0.533. The van der Waals surface area contributed by atoms with E-state index in [-0.39, 0.29) is 12.0 Å². The third kappa shape index (κ3) is 3.36. The van der Waals surface area contributed by atoms with E-state index in [0.717, 1.165) is 12.3 Å². The molecule has 1 aliphatic heterocycles. The molecule has 0 saturated carbocycles. The van der Waals surface area contributed by atoms with Gasteiger partial charge in [0.15, 0.2) is 0 Å². The summed E-state index contributed by atoms with van der Waals surface area (Å²) in [6.45, 7) is 1.29. The van der Waals surface area contributed by atoms with E-state index >= 15 is 0 Å². The number of rotatable bonds is 5. The molecule has 1 N–H and O–H groups in total. The van der Waals surface area contributed by atoms with Gasteiger partial charge in [0.25, 0.3) is 5.91 Å². The SMILES string of the molecule is O=C(Nc1ccccc1)c1cccc(OCC2CO2)c1. The highest BCUT2D eigenvalue weighted by molar-refractivity contribution is 6.04. The van der Waals surface area contributed by atoms with Gasteiger partial charge in [-0.2, -0.15) is 0 Å². The Morgan fingerprint density at radius 1 is 1.20 bits per heavy atom. The van der Waals surface area contributed by atoms with E-state index in [1.54, 1.807) is 12.1 Å². The second-order valence-corrected chi connectivity index (χ2v) is 4.61. The molecule has 0 radical (unpaired) electrons. The molecule has 4 nitrogen and oxygen atoms in total. The lowest BCUT2D eigenvalue weighted by atomic mass is 10.2. The maximum Gasteiger partial charge on any atom is 0.255 e. The van der Waals surface area contributed by atoms with E-state index in [1.165, 1.54) is 0 Å². The number of carbonyl (C=O) groups excluding carboxylic acids is 1. The Morgan fingerprint density at radius 3 is 2.75 bits per heavy atom. The first-order valence-corrected chi connectivity index (χ1v) is 6.52. The fourth-order valence-electron chi connectivity index (χ4n) is 1.81. The van der Waals surface area contributed by atoms with Crippen LogP contribution in [-0.4, -0.2) is 25.2 Å². The molecule has 2 aromatic rings. The van der Waals surface area contributed by atoms with Crippen LogP contribution in [0.25, 0.3) is 0 Å². The summed E-state index contributed by atoms with van der Waals surface area (Å²) in [5.41, 5.74) is 1.35. The Bertz CT molecular complexity index is 594. The van der Waals surface area contributed by atoms with Gasteiger partial charge in [-0.15, -0.1) is 0 Å². The lowest BCUT2D eigenvalue weighted by molar-refractivity contribution is 0.102. The van der Waals surface area contributed by atoms with Crippen LogP contribution in [-0.2, 0) is 4.74 Å². The minimum absolute atomic E-state index is 0.149. The predicted octanol–water partition coefficient (Wildman–Crippen LogP) is 2.72. The van der Waals surface area contributed by atoms with Crippen molar-refractivity contribution >= 4 is 11.6 Å². The lowest BCUT2D eigenvalue weighted by Gasteiger charge is -2.08. The van der Waals surface area contributed by atoms with E-state index in [2.05, 4.69) is 5.32 Å². The van der Waals surface area contributed by atoms with Gasteiger partial charge >= 0.3 is 0 Å². The van der Waals surface area contributed by atoms with Crippen LogP contribution in [0.15, 0.2) is 54.6 Å². The summed E-state index contributed by atoms with van der Waals surface area (Å²) in [5, 5.41) is 2.84. The quantitative estimate of drug-likeness (QED) is 0.849. The number of amides is 1. The number of hydrogen-bond acceptors (Lipinski definition) is 3. The van der Waals surface area contributed by atoms with Crippen LogP contribution < -0.4 is 10.1 Å². The van der Waals surface area contributed by atoms with E-state index < -0.39 is 0 Å². The zero-order chi connectivity index (χ0) is 13.8. The van der Waals surface area contributed by atoms with Crippen molar-refractivity contribution in [2.75, 3.05) is 18.5 Å². The molecule has 1 unspecified atom stereocenters. The lowest BCUT2D eigenvalue weighted by Crippen LogP contribution is -2.12. The van der Waals surface area contributed by atoms with Gasteiger partial charge < -0.3 is 14.8 Å². The first-order valence-electron chi connectivity index (χ1n) is 6.52. The molecule has 4 heteroatoms. The van der Waals surface area contributed by atoms with Crippen molar-refractivity contribution in [2.24, 2.45) is 0 Å². The Balaban J connectivity index is 1.65. The van der Waals surface area contributed by atoms with Crippen molar-refractivity contribution in [1.29, 1.82) is 0 Å². The van der Waals surface area contributed by atoms with Crippen LogP contribution in [0.2, 0.25) is 0 Å². The van der Waals surface area contributed by atoms with Gasteiger partial charge in [0, 0.05) is 11.3 Å². The fraction of sp³-hybridized carbons (Fsp3) is 0.188. The number of nitrogens with one attached hydrogen (secondary N) is 1. The molecule has 1 fully saturated rings. The van der Waals surface area contributed by atoms with Crippen molar-refractivity contribution in [3.63, 3.8) is 0 Å². The van der Waals surface area contributed by atoms with Gasteiger partial charge in [0.1, 0.15) is 18.5 Å². The average molecular weight is 269 g/mol. The molecule has 3 rings (SSSR count). The van der Waals surface area contributed by atoms with Crippen molar-refractivity contribution in [3.8, 4) is 5.75 Å². The molecular weight excluding hydrogens is 254 g/mol. The summed E-state index contributed by atoms with van der Waals surface area (Å²) >= 11 is 0. The summed E-state index contributed by atoms with van der Waals surface area (Å²) in [6, 6.07) is 16.5. The van der Waals surface area contributed by atoms with Crippen LogP contribution in [0, 0.1) is 0 Å². The second-order valence-electron chi connectivity index (χ2n) is 4.61. The molecule has 1 atom stereocenters. The van der Waals surface area contributed by atoms with Gasteiger partial charge in [-0.05, 0) is 30.3 Å². The maximum atomic E-state index is 12.1. The maximum absolute atomic E-state index is 12.1. The number of anilines is 1. The third-order valence-corrected chi connectivity index (χ3v) is 2.97. The fourth-order valence-corrected chi connectivity index (χ4v) is 1.81. The van der Waals surface area contributed by atoms with E-state index in [9.17, 15) is 4.79 Å². The number of hydrogen-bond donors (Lipinski definition) is 1. The summed E-state index contributed by atoms with van der Waals surface area (Å²) < 4.78 is 10.6. The number of benzene rings is 2. The molecule has 1 aliphatic rings. The molecule has 0 aliphatic carbocycles. The topological polar surface area (TPSA) is 50.9 Å². The molecule has 20 heavy (non-hydrogen) atoms. The van der Waals surface area contributed by atoms with Gasteiger partial charge in [0.05, 0.1) is 6.61 Å². The zero-order valence-corrected chi connectivity index (χ0v) is 10.9. The Hall–Kier alpha value is -2.33. The highest BCUT2D eigenvalue weighted by atomic mass is 16.6. The minimum atomic E-state index is -0.149. The van der Waals surface area contributed by atoms with E-state index in [0.29, 0.717) is 17.9 Å². The summed E-state index contributed by atoms with van der Waals surface area (Å²) in [7, 11) is 0. The molecule has 2 aromatic carbocycles. The molecule has 1 saturated heterocycles. The van der Waals surface area contributed by atoms with Crippen molar-refractivity contribution in [3.05, 3.63) is 60.2 Å². The number of carbonyl (C=O) groups is 1. The minimum Gasteiger partial charge on any atom is -0.491 e. The van der Waals surface area contributed by atoms with Crippen LogP contribution in [0.5, 0.6) is 5.75 Å². The molecule has 0 aromatic heterocycles. The summed E-state index contributed by atoms with van der Waals surface area (Å²) in [4.78, 5) is 12.1. The van der Waals surface area contributed by atoms with Crippen molar-refractivity contribution in [2.45, 2.75) is 6.10 Å². The highest BCUT2D eigenvalue weighted by Crippen LogP contribution is 2.17. The predicted molar refractivity (Wildman–Crippen MR) is 76.1 cm³/mol. The van der Waals surface area contributed by atoms with Gasteiger partial charge in [-0.1, -0.05) is 24.3 Å². The largest absolute Gasteiger partial charge is 0.491 e. The molecule has 0 bridgehead atoms. The monoisotopic (exact) mass is 269 g/mol. The Labute approximate surface area is 117 Å². The molecule has 102 valence electrons. The first kappa shape index (κ1) is 12.7. The number of ether oxygens (including phenoxy) is 2. The molecular formula is C16H15NO3. The highest BCUT2D eigenvalue weighted by Gasteiger charge is 2.23. The second kappa shape index (κ2) is 5.75. The smallest absolute Gasteiger partial charge is 0.255 e. The standard InChI is InChI=1S/C16H15NO3/c18-16(17-13-6-2-1-3-7-13)12-5-4-8-14(9-12)19-10-15-11-20-15/h1-9,15H,10-11H2,(H,17,18). The van der Waals surface area contributed by atoms with Crippen LogP contribution >= 0.6 is 0 Å². The van der Waals surface area contributed by atoms with Gasteiger partial charge in [-0.25, -0.2) is 0 Å².